The molecule has 4 nitrogen and oxygen atoms in total. The molecule has 0 saturated carbocycles. The van der Waals surface area contributed by atoms with Gasteiger partial charge in [0.2, 0.25) is 0 Å². The average molecular weight is 189 g/mol. The smallest absolute Gasteiger partial charge is 0.326 e. The van der Waals surface area contributed by atoms with Gasteiger partial charge >= 0.3 is 5.97 Å². The van der Waals surface area contributed by atoms with E-state index in [9.17, 15) is 14.0 Å². The molecule has 74 valence electrons. The first-order chi connectivity index (χ1) is 6.16. The van der Waals surface area contributed by atoms with Gasteiger partial charge in [-0.1, -0.05) is 0 Å². The number of rotatable bonds is 2. The molecule has 1 aliphatic rings. The van der Waals surface area contributed by atoms with Gasteiger partial charge in [-0.05, 0) is 19.3 Å². The van der Waals surface area contributed by atoms with Crippen LogP contribution in [0.1, 0.15) is 19.3 Å². The molecule has 1 fully saturated rings. The van der Waals surface area contributed by atoms with Crippen LogP contribution >= 0.6 is 0 Å². The molecule has 1 rings (SSSR count). The second-order valence-electron chi connectivity index (χ2n) is 3.07. The first-order valence-corrected chi connectivity index (χ1v) is 4.25. The summed E-state index contributed by atoms with van der Waals surface area (Å²) in [7, 11) is 0. The number of halogens is 1. The van der Waals surface area contributed by atoms with E-state index in [1.807, 2.05) is 0 Å². The van der Waals surface area contributed by atoms with Gasteiger partial charge in [0.15, 0.2) is 6.67 Å². The normalized spacial score (nSPS) is 22.8. The number of hydrogen-bond acceptors (Lipinski definition) is 2. The van der Waals surface area contributed by atoms with Gasteiger partial charge in [-0.2, -0.15) is 0 Å². The van der Waals surface area contributed by atoms with Crippen LogP contribution in [0.3, 0.4) is 0 Å². The van der Waals surface area contributed by atoms with Crippen molar-refractivity contribution < 1.29 is 19.1 Å². The summed E-state index contributed by atoms with van der Waals surface area (Å²) >= 11 is 0. The zero-order chi connectivity index (χ0) is 9.84. The van der Waals surface area contributed by atoms with Gasteiger partial charge in [0.1, 0.15) is 6.04 Å². The van der Waals surface area contributed by atoms with E-state index < -0.39 is 24.6 Å². The fourth-order valence-corrected chi connectivity index (χ4v) is 1.56. The van der Waals surface area contributed by atoms with E-state index in [2.05, 4.69) is 0 Å². The molecule has 0 aromatic heterocycles. The lowest BCUT2D eigenvalue weighted by Crippen LogP contribution is -2.48. The van der Waals surface area contributed by atoms with Crippen LogP contribution in [0.4, 0.5) is 4.39 Å². The summed E-state index contributed by atoms with van der Waals surface area (Å²) in [6.45, 7) is -0.747. The fraction of sp³-hybridized carbons (Fsp3) is 0.750. The van der Waals surface area contributed by atoms with Crippen molar-refractivity contribution in [3.63, 3.8) is 0 Å². The van der Waals surface area contributed by atoms with Crippen molar-refractivity contribution in [1.29, 1.82) is 0 Å². The van der Waals surface area contributed by atoms with Gasteiger partial charge in [-0.25, -0.2) is 9.18 Å². The van der Waals surface area contributed by atoms with Crippen molar-refractivity contribution in [2.45, 2.75) is 25.3 Å². The second-order valence-corrected chi connectivity index (χ2v) is 3.07. The van der Waals surface area contributed by atoms with Crippen LogP contribution < -0.4 is 0 Å². The van der Waals surface area contributed by atoms with Gasteiger partial charge in [0.25, 0.3) is 5.91 Å². The van der Waals surface area contributed by atoms with Crippen LogP contribution in [0, 0.1) is 0 Å². The monoisotopic (exact) mass is 189 g/mol. The minimum atomic E-state index is -1.11. The topological polar surface area (TPSA) is 57.6 Å². The highest BCUT2D eigenvalue weighted by atomic mass is 19.1. The minimum Gasteiger partial charge on any atom is -0.480 e. The first kappa shape index (κ1) is 9.95. The Bertz CT molecular complexity index is 219. The van der Waals surface area contributed by atoms with Crippen molar-refractivity contribution in [2.24, 2.45) is 0 Å². The maximum absolute atomic E-state index is 12.0. The lowest BCUT2D eigenvalue weighted by atomic mass is 10.0. The molecule has 1 heterocycles. The maximum Gasteiger partial charge on any atom is 0.326 e. The molecule has 1 saturated heterocycles. The molecular weight excluding hydrogens is 177 g/mol. The number of piperidine rings is 1. The van der Waals surface area contributed by atoms with Crippen molar-refractivity contribution in [1.82, 2.24) is 4.90 Å². The second kappa shape index (κ2) is 4.20. The molecule has 0 spiro atoms. The number of alkyl halides is 1. The SMILES string of the molecule is O=C(O)C1CCCCN1C(=O)CF. The molecular formula is C8H12FNO3. The summed E-state index contributed by atoms with van der Waals surface area (Å²) in [5.74, 6) is -1.76. The van der Waals surface area contributed by atoms with Crippen molar-refractivity contribution in [2.75, 3.05) is 13.2 Å². The summed E-state index contributed by atoms with van der Waals surface area (Å²) in [5, 5.41) is 8.74. The van der Waals surface area contributed by atoms with E-state index in [4.69, 9.17) is 5.11 Å². The Hall–Kier alpha value is -1.13. The van der Waals surface area contributed by atoms with Gasteiger partial charge in [0.05, 0.1) is 0 Å². The predicted octanol–water partition coefficient (Wildman–Crippen LogP) is 0.422. The third-order valence-corrected chi connectivity index (χ3v) is 2.22. The molecule has 1 unspecified atom stereocenters. The summed E-state index contributed by atoms with van der Waals surface area (Å²) in [5.41, 5.74) is 0. The van der Waals surface area contributed by atoms with Crippen molar-refractivity contribution >= 4 is 11.9 Å². The van der Waals surface area contributed by atoms with E-state index in [1.54, 1.807) is 0 Å². The number of carbonyl (C=O) groups excluding carboxylic acids is 1. The van der Waals surface area contributed by atoms with Crippen LogP contribution in [0.2, 0.25) is 0 Å². The standard InChI is InChI=1S/C8H12FNO3/c9-5-7(11)10-4-2-1-3-6(10)8(12)13/h6H,1-5H2,(H,12,13). The third-order valence-electron chi connectivity index (χ3n) is 2.22. The highest BCUT2D eigenvalue weighted by Crippen LogP contribution is 2.17. The third kappa shape index (κ3) is 2.17. The molecule has 0 aromatic carbocycles. The summed E-state index contributed by atoms with van der Waals surface area (Å²) in [6, 6.07) is -0.822. The fourth-order valence-electron chi connectivity index (χ4n) is 1.56. The lowest BCUT2D eigenvalue weighted by molar-refractivity contribution is -0.152. The number of carboxylic acid groups (broad SMARTS) is 1. The van der Waals surface area contributed by atoms with Crippen LogP contribution in [0.15, 0.2) is 0 Å². The van der Waals surface area contributed by atoms with Crippen molar-refractivity contribution in [3.8, 4) is 0 Å². The number of hydrogen-bond donors (Lipinski definition) is 1. The van der Waals surface area contributed by atoms with E-state index in [-0.39, 0.29) is 0 Å². The quantitative estimate of drug-likeness (QED) is 0.685. The van der Waals surface area contributed by atoms with Crippen LogP contribution in [0.25, 0.3) is 0 Å². The molecule has 1 atom stereocenters. The Morgan fingerprint density at radius 1 is 1.46 bits per heavy atom. The van der Waals surface area contributed by atoms with E-state index in [1.165, 1.54) is 0 Å². The number of aliphatic carboxylic acids is 1. The largest absolute Gasteiger partial charge is 0.480 e. The summed E-state index contributed by atoms with van der Waals surface area (Å²) in [6.07, 6.45) is 1.98. The zero-order valence-corrected chi connectivity index (χ0v) is 7.20. The lowest BCUT2D eigenvalue weighted by Gasteiger charge is -2.32. The molecule has 0 bridgehead atoms. The van der Waals surface area contributed by atoms with Gasteiger partial charge in [0, 0.05) is 6.54 Å². The number of likely N-dealkylation sites (tertiary alicyclic amines) is 1. The molecule has 0 aliphatic carbocycles. The molecule has 0 aromatic rings. The predicted molar refractivity (Wildman–Crippen MR) is 43.0 cm³/mol. The molecule has 1 amide bonds. The Labute approximate surface area is 75.3 Å². The average Bonchev–Trinajstić information content (AvgIpc) is 2.16. The first-order valence-electron chi connectivity index (χ1n) is 4.25. The Balaban J connectivity index is 2.67. The van der Waals surface area contributed by atoms with E-state index >= 15 is 0 Å². The molecule has 1 N–H and O–H groups in total. The highest BCUT2D eigenvalue weighted by Gasteiger charge is 2.31. The molecule has 5 heteroatoms. The van der Waals surface area contributed by atoms with Gasteiger partial charge < -0.3 is 10.0 Å². The highest BCUT2D eigenvalue weighted by molar-refractivity contribution is 5.84. The Kier molecular flexibility index (Phi) is 3.22. The van der Waals surface area contributed by atoms with E-state index in [0.717, 1.165) is 17.7 Å². The van der Waals surface area contributed by atoms with Crippen LogP contribution in [-0.2, 0) is 9.59 Å². The molecule has 1 aliphatic heterocycles. The van der Waals surface area contributed by atoms with Gasteiger partial charge in [-0.15, -0.1) is 0 Å². The summed E-state index contributed by atoms with van der Waals surface area (Å²) < 4.78 is 12.0. The zero-order valence-electron chi connectivity index (χ0n) is 7.20. The van der Waals surface area contributed by atoms with Crippen LogP contribution in [0.5, 0.6) is 0 Å². The van der Waals surface area contributed by atoms with Gasteiger partial charge in [-0.3, -0.25) is 4.79 Å². The van der Waals surface area contributed by atoms with Crippen molar-refractivity contribution in [3.05, 3.63) is 0 Å². The van der Waals surface area contributed by atoms with Crippen LogP contribution in [-0.4, -0.2) is 41.1 Å². The number of amides is 1. The maximum atomic E-state index is 12.0. The Morgan fingerprint density at radius 2 is 2.15 bits per heavy atom. The van der Waals surface area contributed by atoms with E-state index in [0.29, 0.717) is 13.0 Å². The summed E-state index contributed by atoms with van der Waals surface area (Å²) in [4.78, 5) is 22.8. The molecule has 0 radical (unpaired) electrons. The number of carbonyl (C=O) groups is 2. The number of carboxylic acids is 1. The Morgan fingerprint density at radius 3 is 2.69 bits per heavy atom. The number of nitrogens with zero attached hydrogens (tertiary/aromatic N) is 1. The molecule has 13 heavy (non-hydrogen) atoms. The minimum absolute atomic E-state index is 0.361.